The molecule has 2 aliphatic rings. The third kappa shape index (κ3) is 4.02. The Labute approximate surface area is 115 Å². The van der Waals surface area contributed by atoms with Crippen LogP contribution in [0.25, 0.3) is 0 Å². The lowest BCUT2D eigenvalue weighted by molar-refractivity contribution is 0.325. The highest BCUT2D eigenvalue weighted by molar-refractivity contribution is 5.16. The van der Waals surface area contributed by atoms with Gasteiger partial charge in [-0.25, -0.2) is 4.39 Å². The lowest BCUT2D eigenvalue weighted by Gasteiger charge is -2.16. The van der Waals surface area contributed by atoms with Crippen molar-refractivity contribution in [2.45, 2.75) is 31.7 Å². The normalized spacial score (nSPS) is 23.9. The molecule has 1 aromatic carbocycles. The molecular weight excluding hydrogens is 239 g/mol. The van der Waals surface area contributed by atoms with Crippen LogP contribution < -0.4 is 5.32 Å². The summed E-state index contributed by atoms with van der Waals surface area (Å²) in [5, 5.41) is 3.63. The lowest BCUT2D eigenvalue weighted by atomic mass is 10.1. The molecule has 2 nitrogen and oxygen atoms in total. The van der Waals surface area contributed by atoms with Crippen LogP contribution in [0, 0.1) is 11.7 Å². The zero-order valence-corrected chi connectivity index (χ0v) is 11.4. The molecular formula is C16H23FN2. The third-order valence-electron chi connectivity index (χ3n) is 4.27. The van der Waals surface area contributed by atoms with E-state index in [1.165, 1.54) is 44.5 Å². The van der Waals surface area contributed by atoms with Crippen LogP contribution >= 0.6 is 0 Å². The van der Waals surface area contributed by atoms with Gasteiger partial charge in [-0.05, 0) is 62.4 Å². The molecule has 0 radical (unpaired) electrons. The number of nitrogens with zero attached hydrogens (tertiary/aromatic N) is 1. The molecule has 1 unspecified atom stereocenters. The van der Waals surface area contributed by atoms with Crippen molar-refractivity contribution in [3.05, 3.63) is 35.6 Å². The predicted octanol–water partition coefficient (Wildman–Crippen LogP) is 2.44. The van der Waals surface area contributed by atoms with Gasteiger partial charge in [0.05, 0.1) is 0 Å². The Morgan fingerprint density at radius 1 is 1.16 bits per heavy atom. The minimum Gasteiger partial charge on any atom is -0.314 e. The average Bonchev–Trinajstić information content (AvgIpc) is 3.15. The average molecular weight is 262 g/mol. The van der Waals surface area contributed by atoms with Gasteiger partial charge >= 0.3 is 0 Å². The third-order valence-corrected chi connectivity index (χ3v) is 4.27. The van der Waals surface area contributed by atoms with Crippen LogP contribution in [0.5, 0.6) is 0 Å². The van der Waals surface area contributed by atoms with Crippen molar-refractivity contribution in [2.24, 2.45) is 5.92 Å². The Hall–Kier alpha value is -0.930. The van der Waals surface area contributed by atoms with Gasteiger partial charge in [-0.2, -0.15) is 0 Å². The molecule has 1 saturated heterocycles. The molecule has 1 N–H and O–H groups in total. The van der Waals surface area contributed by atoms with Crippen LogP contribution in [-0.4, -0.2) is 37.1 Å². The van der Waals surface area contributed by atoms with Crippen LogP contribution in [0.2, 0.25) is 0 Å². The van der Waals surface area contributed by atoms with Gasteiger partial charge in [-0.1, -0.05) is 12.1 Å². The molecule has 0 spiro atoms. The van der Waals surface area contributed by atoms with Crippen LogP contribution in [0.4, 0.5) is 4.39 Å². The van der Waals surface area contributed by atoms with Gasteiger partial charge in [0.15, 0.2) is 0 Å². The quantitative estimate of drug-likeness (QED) is 0.847. The second-order valence-corrected chi connectivity index (χ2v) is 6.01. The predicted molar refractivity (Wildman–Crippen MR) is 75.7 cm³/mol. The van der Waals surface area contributed by atoms with E-state index in [0.29, 0.717) is 0 Å². The summed E-state index contributed by atoms with van der Waals surface area (Å²) < 4.78 is 12.8. The molecule has 1 saturated carbocycles. The van der Waals surface area contributed by atoms with Gasteiger partial charge in [0.25, 0.3) is 0 Å². The van der Waals surface area contributed by atoms with Gasteiger partial charge in [-0.15, -0.1) is 0 Å². The summed E-state index contributed by atoms with van der Waals surface area (Å²) in [5.41, 5.74) is 1.24. The maximum Gasteiger partial charge on any atom is 0.123 e. The molecule has 19 heavy (non-hydrogen) atoms. The number of hydrogen-bond donors (Lipinski definition) is 1. The molecule has 104 valence electrons. The van der Waals surface area contributed by atoms with Gasteiger partial charge in [0, 0.05) is 19.1 Å². The minimum atomic E-state index is -0.142. The summed E-state index contributed by atoms with van der Waals surface area (Å²) in [6.45, 7) is 4.74. The molecule has 3 heteroatoms. The number of benzene rings is 1. The fourth-order valence-corrected chi connectivity index (χ4v) is 2.84. The van der Waals surface area contributed by atoms with Crippen molar-refractivity contribution in [1.82, 2.24) is 10.2 Å². The van der Waals surface area contributed by atoms with E-state index in [1.54, 1.807) is 12.1 Å². The van der Waals surface area contributed by atoms with Crippen molar-refractivity contribution in [2.75, 3.05) is 26.2 Å². The van der Waals surface area contributed by atoms with Crippen molar-refractivity contribution < 1.29 is 4.39 Å². The van der Waals surface area contributed by atoms with Gasteiger partial charge < -0.3 is 10.2 Å². The summed E-state index contributed by atoms with van der Waals surface area (Å²) in [4.78, 5) is 2.54. The van der Waals surface area contributed by atoms with E-state index in [0.717, 1.165) is 24.9 Å². The van der Waals surface area contributed by atoms with Gasteiger partial charge in [-0.3, -0.25) is 0 Å². The van der Waals surface area contributed by atoms with Gasteiger partial charge in [0.2, 0.25) is 0 Å². The zero-order chi connectivity index (χ0) is 13.1. The first kappa shape index (κ1) is 13.1. The largest absolute Gasteiger partial charge is 0.314 e. The Bertz CT molecular complexity index is 400. The van der Waals surface area contributed by atoms with Gasteiger partial charge in [0.1, 0.15) is 5.82 Å². The zero-order valence-electron chi connectivity index (χ0n) is 11.4. The summed E-state index contributed by atoms with van der Waals surface area (Å²) in [5.74, 6) is 0.685. The Balaban J connectivity index is 1.37. The fourth-order valence-electron chi connectivity index (χ4n) is 2.84. The number of nitrogens with one attached hydrogen (secondary N) is 1. The Morgan fingerprint density at radius 2 is 1.95 bits per heavy atom. The SMILES string of the molecule is Fc1ccc(CCN2CCC(CNC3CC3)C2)cc1. The summed E-state index contributed by atoms with van der Waals surface area (Å²) in [6, 6.07) is 7.74. The van der Waals surface area contributed by atoms with Crippen LogP contribution in [-0.2, 0) is 6.42 Å². The first-order chi connectivity index (χ1) is 9.29. The van der Waals surface area contributed by atoms with E-state index < -0.39 is 0 Å². The second kappa shape index (κ2) is 6.02. The van der Waals surface area contributed by atoms with Crippen molar-refractivity contribution in [3.8, 4) is 0 Å². The Kier molecular flexibility index (Phi) is 4.14. The van der Waals surface area contributed by atoms with Crippen molar-refractivity contribution >= 4 is 0 Å². The van der Waals surface area contributed by atoms with Crippen LogP contribution in [0.3, 0.4) is 0 Å². The standard InChI is InChI=1S/C16H23FN2/c17-15-3-1-13(2-4-15)7-9-19-10-8-14(12-19)11-18-16-5-6-16/h1-4,14,16,18H,5-12H2. The second-order valence-electron chi connectivity index (χ2n) is 6.01. The van der Waals surface area contributed by atoms with E-state index in [4.69, 9.17) is 0 Å². The van der Waals surface area contributed by atoms with Crippen molar-refractivity contribution in [3.63, 3.8) is 0 Å². The van der Waals surface area contributed by atoms with Crippen molar-refractivity contribution in [1.29, 1.82) is 0 Å². The highest BCUT2D eigenvalue weighted by atomic mass is 19.1. The smallest absolute Gasteiger partial charge is 0.123 e. The molecule has 0 amide bonds. The molecule has 1 aromatic rings. The summed E-state index contributed by atoms with van der Waals surface area (Å²) >= 11 is 0. The number of hydrogen-bond acceptors (Lipinski definition) is 2. The first-order valence-electron chi connectivity index (χ1n) is 7.50. The fraction of sp³-hybridized carbons (Fsp3) is 0.625. The van der Waals surface area contributed by atoms with Crippen LogP contribution in [0.1, 0.15) is 24.8 Å². The topological polar surface area (TPSA) is 15.3 Å². The van der Waals surface area contributed by atoms with E-state index >= 15 is 0 Å². The van der Waals surface area contributed by atoms with E-state index in [1.807, 2.05) is 12.1 Å². The Morgan fingerprint density at radius 3 is 2.68 bits per heavy atom. The van der Waals surface area contributed by atoms with E-state index in [9.17, 15) is 4.39 Å². The molecule has 3 rings (SSSR count). The first-order valence-corrected chi connectivity index (χ1v) is 7.50. The highest BCUT2D eigenvalue weighted by Crippen LogP contribution is 2.21. The summed E-state index contributed by atoms with van der Waals surface area (Å²) in [7, 11) is 0. The molecule has 1 aliphatic carbocycles. The molecule has 1 heterocycles. The maximum absolute atomic E-state index is 12.8. The maximum atomic E-state index is 12.8. The summed E-state index contributed by atoms with van der Waals surface area (Å²) in [6.07, 6.45) is 5.11. The number of likely N-dealkylation sites (tertiary alicyclic amines) is 1. The molecule has 0 bridgehead atoms. The van der Waals surface area contributed by atoms with Crippen LogP contribution in [0.15, 0.2) is 24.3 Å². The highest BCUT2D eigenvalue weighted by Gasteiger charge is 2.25. The number of halogens is 1. The lowest BCUT2D eigenvalue weighted by Crippen LogP contribution is -2.28. The van der Waals surface area contributed by atoms with E-state index in [-0.39, 0.29) is 5.82 Å². The number of rotatable bonds is 6. The minimum absolute atomic E-state index is 0.142. The molecule has 1 atom stereocenters. The molecule has 2 fully saturated rings. The monoisotopic (exact) mass is 262 g/mol. The molecule has 1 aliphatic heterocycles. The van der Waals surface area contributed by atoms with E-state index in [2.05, 4.69) is 10.2 Å². The molecule has 0 aromatic heterocycles.